The highest BCUT2D eigenvalue weighted by atomic mass is 32.2. The summed E-state index contributed by atoms with van der Waals surface area (Å²) in [5, 5.41) is 0.844. The minimum atomic E-state index is -3.81. The van der Waals surface area contributed by atoms with Crippen molar-refractivity contribution in [2.45, 2.75) is 42.2 Å². The van der Waals surface area contributed by atoms with Gasteiger partial charge in [0.1, 0.15) is 0 Å². The van der Waals surface area contributed by atoms with Crippen molar-refractivity contribution in [1.29, 1.82) is 0 Å². The van der Waals surface area contributed by atoms with Crippen LogP contribution in [0.2, 0.25) is 0 Å². The molecule has 3 heterocycles. The van der Waals surface area contributed by atoms with Gasteiger partial charge < -0.3 is 10.3 Å². The number of para-hydroxylation sites is 1. The Bertz CT molecular complexity index is 1380. The number of fused-ring (bicyclic) bond motifs is 3. The molecule has 1 aliphatic carbocycles. The van der Waals surface area contributed by atoms with E-state index in [1.165, 1.54) is 16.8 Å². The Kier molecular flexibility index (Phi) is 3.62. The van der Waals surface area contributed by atoms with E-state index in [0.717, 1.165) is 29.6 Å². The first-order valence-electron chi connectivity index (χ1n) is 10.2. The van der Waals surface area contributed by atoms with Gasteiger partial charge in [0, 0.05) is 16.6 Å². The zero-order chi connectivity index (χ0) is 20.5. The van der Waals surface area contributed by atoms with Crippen LogP contribution < -0.4 is 5.73 Å². The van der Waals surface area contributed by atoms with Gasteiger partial charge in [-0.1, -0.05) is 36.4 Å². The number of nitrogens with zero attached hydrogens (tertiary/aromatic N) is 3. The van der Waals surface area contributed by atoms with Crippen LogP contribution in [-0.4, -0.2) is 21.9 Å². The highest BCUT2D eigenvalue weighted by molar-refractivity contribution is 7.90. The van der Waals surface area contributed by atoms with Gasteiger partial charge in [-0.3, -0.25) is 0 Å². The van der Waals surface area contributed by atoms with Crippen LogP contribution in [0.15, 0.2) is 71.9 Å². The molecule has 152 valence electrons. The molecule has 30 heavy (non-hydrogen) atoms. The fraction of sp³-hybridized carbons (Fsp3) is 0.261. The van der Waals surface area contributed by atoms with Gasteiger partial charge in [-0.05, 0) is 49.9 Å². The van der Waals surface area contributed by atoms with Crippen molar-refractivity contribution < 1.29 is 8.42 Å². The van der Waals surface area contributed by atoms with Gasteiger partial charge >= 0.3 is 0 Å². The maximum absolute atomic E-state index is 13.6. The minimum Gasteiger partial charge on any atom is -0.328 e. The predicted molar refractivity (Wildman–Crippen MR) is 115 cm³/mol. The average Bonchev–Trinajstić information content (AvgIpc) is 3.11. The first kappa shape index (κ1) is 17.9. The lowest BCUT2D eigenvalue weighted by Gasteiger charge is -2.16. The van der Waals surface area contributed by atoms with Gasteiger partial charge in [0.15, 0.2) is 0 Å². The van der Waals surface area contributed by atoms with Crippen LogP contribution in [0.4, 0.5) is 0 Å². The second kappa shape index (κ2) is 6.06. The molecule has 2 N–H and O–H groups in total. The summed E-state index contributed by atoms with van der Waals surface area (Å²) < 4.78 is 30.9. The van der Waals surface area contributed by atoms with E-state index in [1.54, 1.807) is 24.3 Å². The summed E-state index contributed by atoms with van der Waals surface area (Å²) in [5.74, 6) is 0. The fourth-order valence-electron chi connectivity index (χ4n) is 4.89. The molecular formula is C23H22N4O2S. The Labute approximate surface area is 175 Å². The van der Waals surface area contributed by atoms with Gasteiger partial charge in [-0.15, -0.1) is 0 Å². The molecule has 1 fully saturated rings. The zero-order valence-electron chi connectivity index (χ0n) is 16.4. The van der Waals surface area contributed by atoms with Crippen molar-refractivity contribution in [2.75, 3.05) is 0 Å². The van der Waals surface area contributed by atoms with E-state index in [1.807, 2.05) is 42.7 Å². The largest absolute Gasteiger partial charge is 0.328 e. The fourth-order valence-corrected chi connectivity index (χ4v) is 6.47. The number of imidazole rings is 1. The van der Waals surface area contributed by atoms with E-state index in [2.05, 4.69) is 9.55 Å². The first-order valence-corrected chi connectivity index (χ1v) is 11.7. The van der Waals surface area contributed by atoms with E-state index < -0.39 is 16.1 Å². The number of hydrogen-bond donors (Lipinski definition) is 1. The van der Waals surface area contributed by atoms with Gasteiger partial charge in [-0.2, -0.15) is 0 Å². The Morgan fingerprint density at radius 1 is 1.00 bits per heavy atom. The van der Waals surface area contributed by atoms with Crippen molar-refractivity contribution in [2.24, 2.45) is 5.73 Å². The van der Waals surface area contributed by atoms with Gasteiger partial charge in [-0.25, -0.2) is 17.4 Å². The molecule has 0 saturated heterocycles. The van der Waals surface area contributed by atoms with Crippen LogP contribution in [0, 0.1) is 0 Å². The van der Waals surface area contributed by atoms with Crippen LogP contribution in [0.1, 0.15) is 42.4 Å². The number of nitrogens with two attached hydrogens (primary N) is 1. The highest BCUT2D eigenvalue weighted by Crippen LogP contribution is 2.52. The molecule has 2 aliphatic rings. The first-order chi connectivity index (χ1) is 14.5. The molecule has 0 radical (unpaired) electrons. The Morgan fingerprint density at radius 2 is 1.73 bits per heavy atom. The van der Waals surface area contributed by atoms with E-state index in [-0.39, 0.29) is 10.4 Å². The number of aromatic nitrogens is 3. The smallest absolute Gasteiger partial charge is 0.268 e. The molecule has 4 aromatic rings. The van der Waals surface area contributed by atoms with Crippen LogP contribution in [0.3, 0.4) is 0 Å². The van der Waals surface area contributed by atoms with E-state index in [4.69, 9.17) is 5.73 Å². The lowest BCUT2D eigenvalue weighted by atomic mass is 10.1. The summed E-state index contributed by atoms with van der Waals surface area (Å²) in [5.41, 5.74) is 10.1. The quantitative estimate of drug-likeness (QED) is 0.549. The second-order valence-electron chi connectivity index (χ2n) is 8.36. The predicted octanol–water partition coefficient (Wildman–Crippen LogP) is 3.56. The molecule has 1 atom stereocenters. The summed E-state index contributed by atoms with van der Waals surface area (Å²) in [4.78, 5) is 4.89. The van der Waals surface area contributed by atoms with Crippen molar-refractivity contribution in [1.82, 2.24) is 13.5 Å². The maximum atomic E-state index is 13.6. The molecule has 2 aromatic heterocycles. The molecule has 6 nitrogen and oxygen atoms in total. The van der Waals surface area contributed by atoms with E-state index >= 15 is 0 Å². The lowest BCUT2D eigenvalue weighted by molar-refractivity contribution is 0.507. The molecular weight excluding hydrogens is 396 g/mol. The SMILES string of the molecule is N[C@@H](c1ncn2c1CCC21CC1)c1cc2ccccc2n1S(=O)(=O)c1ccccc1. The minimum absolute atomic E-state index is 0.239. The number of benzene rings is 2. The van der Waals surface area contributed by atoms with E-state index in [0.29, 0.717) is 11.2 Å². The highest BCUT2D eigenvalue weighted by Gasteiger charge is 2.49. The van der Waals surface area contributed by atoms with Crippen molar-refractivity contribution in [3.05, 3.63) is 84.1 Å². The summed E-state index contributed by atoms with van der Waals surface area (Å²) in [6, 6.07) is 17.3. The molecule has 1 spiro atoms. The lowest BCUT2D eigenvalue weighted by Crippen LogP contribution is -2.23. The zero-order valence-corrected chi connectivity index (χ0v) is 17.2. The molecule has 6 rings (SSSR count). The van der Waals surface area contributed by atoms with Crippen LogP contribution in [0.25, 0.3) is 10.9 Å². The molecule has 1 saturated carbocycles. The topological polar surface area (TPSA) is 82.9 Å². The average molecular weight is 419 g/mol. The Morgan fingerprint density at radius 3 is 2.50 bits per heavy atom. The van der Waals surface area contributed by atoms with Crippen LogP contribution in [-0.2, 0) is 22.0 Å². The molecule has 0 bridgehead atoms. The number of rotatable bonds is 4. The summed E-state index contributed by atoms with van der Waals surface area (Å²) in [6.45, 7) is 0. The Balaban J connectivity index is 1.55. The molecule has 1 aliphatic heterocycles. The summed E-state index contributed by atoms with van der Waals surface area (Å²) in [7, 11) is -3.81. The normalized spacial score (nSPS) is 18.0. The molecule has 0 amide bonds. The van der Waals surface area contributed by atoms with Crippen molar-refractivity contribution in [3.8, 4) is 0 Å². The third-order valence-electron chi connectivity index (χ3n) is 6.65. The standard InChI is InChI=1S/C23H22N4O2S/c24-21(22-19-10-11-23(12-13-23)26(19)15-25-22)20-14-16-6-4-5-9-18(16)27(20)30(28,29)17-7-2-1-3-8-17/h1-9,14-15,21H,10-13,24H2/t21-/m1/s1. The van der Waals surface area contributed by atoms with Crippen molar-refractivity contribution >= 4 is 20.9 Å². The van der Waals surface area contributed by atoms with Crippen LogP contribution in [0.5, 0.6) is 0 Å². The number of hydrogen-bond acceptors (Lipinski definition) is 4. The van der Waals surface area contributed by atoms with Gasteiger partial charge in [0.2, 0.25) is 0 Å². The van der Waals surface area contributed by atoms with E-state index in [9.17, 15) is 8.42 Å². The third-order valence-corrected chi connectivity index (χ3v) is 8.41. The summed E-state index contributed by atoms with van der Waals surface area (Å²) in [6.07, 6.45) is 6.33. The van der Waals surface area contributed by atoms with Crippen molar-refractivity contribution in [3.63, 3.8) is 0 Å². The monoisotopic (exact) mass is 418 g/mol. The Hall–Kier alpha value is -2.90. The maximum Gasteiger partial charge on any atom is 0.268 e. The van der Waals surface area contributed by atoms with Gasteiger partial charge in [0.25, 0.3) is 10.0 Å². The third kappa shape index (κ3) is 2.39. The van der Waals surface area contributed by atoms with Gasteiger partial charge in [0.05, 0.1) is 34.2 Å². The second-order valence-corrected chi connectivity index (χ2v) is 10.1. The molecule has 7 heteroatoms. The molecule has 2 aromatic carbocycles. The summed E-state index contributed by atoms with van der Waals surface area (Å²) >= 11 is 0. The van der Waals surface area contributed by atoms with Crippen LogP contribution >= 0.6 is 0 Å². The molecule has 0 unspecified atom stereocenters.